The van der Waals surface area contributed by atoms with Gasteiger partial charge in [-0.25, -0.2) is 4.39 Å². The van der Waals surface area contributed by atoms with Gasteiger partial charge in [0.05, 0.1) is 11.8 Å². The average Bonchev–Trinajstić information content (AvgIpc) is 2.30. The Bertz CT molecular complexity index is 537. The van der Waals surface area contributed by atoms with Crippen LogP contribution in [0.2, 0.25) is 0 Å². The van der Waals surface area contributed by atoms with E-state index >= 15 is 0 Å². The fourth-order valence-corrected chi connectivity index (χ4v) is 2.13. The van der Waals surface area contributed by atoms with Crippen molar-refractivity contribution in [2.45, 2.75) is 18.2 Å². The first kappa shape index (κ1) is 12.8. The van der Waals surface area contributed by atoms with E-state index in [1.165, 1.54) is 12.1 Å². The Labute approximate surface area is 110 Å². The van der Waals surface area contributed by atoms with Crippen molar-refractivity contribution in [3.05, 3.63) is 53.4 Å². The van der Waals surface area contributed by atoms with Crippen LogP contribution in [-0.4, -0.2) is 11.3 Å². The molecule has 94 valence electrons. The maximum atomic E-state index is 13.2. The summed E-state index contributed by atoms with van der Waals surface area (Å²) in [7, 11) is 0. The van der Waals surface area contributed by atoms with Crippen molar-refractivity contribution in [3.63, 3.8) is 0 Å². The third-order valence-corrected chi connectivity index (χ3v) is 3.11. The molecule has 0 spiro atoms. The van der Waals surface area contributed by atoms with Gasteiger partial charge < -0.3 is 5.73 Å². The summed E-state index contributed by atoms with van der Waals surface area (Å²) in [6.45, 7) is 0. The molecule has 0 aliphatic heterocycles. The molecule has 1 atom stereocenters. The van der Waals surface area contributed by atoms with Gasteiger partial charge in [0.2, 0.25) is 5.91 Å². The molecule has 2 N–H and O–H groups in total. The lowest BCUT2D eigenvalue weighted by Gasteiger charge is -2.14. The van der Waals surface area contributed by atoms with Gasteiger partial charge in [0.15, 0.2) is 0 Å². The lowest BCUT2D eigenvalue weighted by molar-refractivity contribution is -0.117. The van der Waals surface area contributed by atoms with E-state index in [9.17, 15) is 9.18 Å². The van der Waals surface area contributed by atoms with Crippen LogP contribution in [0, 0.1) is 5.82 Å². The fourth-order valence-electron chi connectivity index (χ4n) is 1.97. The Balaban J connectivity index is 2.38. The van der Waals surface area contributed by atoms with Crippen molar-refractivity contribution in [2.75, 3.05) is 0 Å². The van der Waals surface area contributed by atoms with Gasteiger partial charge in [0, 0.05) is 0 Å². The zero-order valence-electron chi connectivity index (χ0n) is 9.70. The van der Waals surface area contributed by atoms with Crippen LogP contribution in [0.1, 0.15) is 17.5 Å². The third kappa shape index (κ3) is 2.99. The van der Waals surface area contributed by atoms with E-state index in [2.05, 4.69) is 0 Å². The maximum absolute atomic E-state index is 13.2. The van der Waals surface area contributed by atoms with E-state index in [0.717, 1.165) is 17.6 Å². The number of amides is 1. The summed E-state index contributed by atoms with van der Waals surface area (Å²) in [4.78, 5) is 11.0. The minimum Gasteiger partial charge on any atom is -0.369 e. The van der Waals surface area contributed by atoms with Crippen LogP contribution in [0.25, 0.3) is 5.57 Å². The predicted molar refractivity (Wildman–Crippen MR) is 70.7 cm³/mol. The van der Waals surface area contributed by atoms with Gasteiger partial charge in [0.25, 0.3) is 0 Å². The van der Waals surface area contributed by atoms with Crippen molar-refractivity contribution < 1.29 is 9.18 Å². The number of primary amides is 1. The molecule has 0 fully saturated rings. The Morgan fingerprint density at radius 3 is 2.89 bits per heavy atom. The zero-order chi connectivity index (χ0) is 13.1. The van der Waals surface area contributed by atoms with Gasteiger partial charge in [-0.2, -0.15) is 0 Å². The minimum atomic E-state index is -0.475. The number of allylic oxidation sites excluding steroid dienone is 4. The molecular weight excluding hydrogens is 253 g/mol. The molecule has 0 saturated heterocycles. The molecule has 0 bridgehead atoms. The standard InChI is InChI=1S/C14H13ClFNO/c15-11-3-1-9(2-4-11)13-6-5-12(16)7-10(13)8-14(17)18/h1-3,5-7,11H,4,8H2,(H2,17,18). The highest BCUT2D eigenvalue weighted by Crippen LogP contribution is 2.27. The largest absolute Gasteiger partial charge is 0.369 e. The van der Waals surface area contributed by atoms with Crippen molar-refractivity contribution in [1.29, 1.82) is 0 Å². The monoisotopic (exact) mass is 265 g/mol. The van der Waals surface area contributed by atoms with Crippen LogP contribution in [0.15, 0.2) is 36.4 Å². The summed E-state index contributed by atoms with van der Waals surface area (Å²) >= 11 is 5.95. The molecule has 1 aromatic carbocycles. The summed E-state index contributed by atoms with van der Waals surface area (Å²) in [6, 6.07) is 4.39. The molecule has 0 aromatic heterocycles. The number of hydrogen-bond acceptors (Lipinski definition) is 1. The van der Waals surface area contributed by atoms with Crippen LogP contribution >= 0.6 is 11.6 Å². The third-order valence-electron chi connectivity index (χ3n) is 2.79. The van der Waals surface area contributed by atoms with Crippen molar-refractivity contribution in [3.8, 4) is 0 Å². The fraction of sp³-hybridized carbons (Fsp3) is 0.214. The SMILES string of the molecule is NC(=O)Cc1cc(F)ccc1C1=CCC(Cl)C=C1. The van der Waals surface area contributed by atoms with Gasteiger partial charge in [-0.3, -0.25) is 4.79 Å². The highest BCUT2D eigenvalue weighted by Gasteiger charge is 2.12. The first-order valence-corrected chi connectivity index (χ1v) is 6.09. The number of nitrogens with two attached hydrogens (primary N) is 1. The van der Waals surface area contributed by atoms with Crippen LogP contribution in [0.3, 0.4) is 0 Å². The summed E-state index contributed by atoms with van der Waals surface area (Å²) in [5.41, 5.74) is 7.55. The molecule has 0 saturated carbocycles. The highest BCUT2D eigenvalue weighted by atomic mass is 35.5. The van der Waals surface area contributed by atoms with E-state index in [-0.39, 0.29) is 17.6 Å². The molecule has 2 rings (SSSR count). The van der Waals surface area contributed by atoms with Gasteiger partial charge in [-0.1, -0.05) is 24.3 Å². The van der Waals surface area contributed by atoms with E-state index in [1.807, 2.05) is 18.2 Å². The molecule has 18 heavy (non-hydrogen) atoms. The number of carbonyl (C=O) groups is 1. The molecule has 1 amide bonds. The summed E-state index contributed by atoms with van der Waals surface area (Å²) in [5.74, 6) is -0.844. The predicted octanol–water partition coefficient (Wildman–Crippen LogP) is 2.80. The molecule has 2 nitrogen and oxygen atoms in total. The number of rotatable bonds is 3. The van der Waals surface area contributed by atoms with Gasteiger partial charge in [-0.15, -0.1) is 11.6 Å². The van der Waals surface area contributed by atoms with Crippen molar-refractivity contribution >= 4 is 23.1 Å². The number of alkyl halides is 1. The van der Waals surface area contributed by atoms with Gasteiger partial charge >= 0.3 is 0 Å². The Morgan fingerprint density at radius 1 is 1.50 bits per heavy atom. The van der Waals surface area contributed by atoms with Gasteiger partial charge in [-0.05, 0) is 35.3 Å². The van der Waals surface area contributed by atoms with Gasteiger partial charge in [0.1, 0.15) is 5.82 Å². The first-order valence-electron chi connectivity index (χ1n) is 5.66. The molecule has 4 heteroatoms. The highest BCUT2D eigenvalue weighted by molar-refractivity contribution is 6.22. The second-order valence-corrected chi connectivity index (χ2v) is 4.78. The Kier molecular flexibility index (Phi) is 3.82. The summed E-state index contributed by atoms with van der Waals surface area (Å²) in [5, 5.41) is -0.00575. The average molecular weight is 266 g/mol. The zero-order valence-corrected chi connectivity index (χ0v) is 10.5. The molecular formula is C14H13ClFNO. The topological polar surface area (TPSA) is 43.1 Å². The van der Waals surface area contributed by atoms with Crippen LogP contribution in [-0.2, 0) is 11.2 Å². The van der Waals surface area contributed by atoms with Crippen molar-refractivity contribution in [2.24, 2.45) is 5.73 Å². The van der Waals surface area contributed by atoms with E-state index in [4.69, 9.17) is 17.3 Å². The quantitative estimate of drug-likeness (QED) is 0.839. The Morgan fingerprint density at radius 2 is 2.28 bits per heavy atom. The molecule has 1 aliphatic carbocycles. The number of benzene rings is 1. The smallest absolute Gasteiger partial charge is 0.221 e. The number of halogens is 2. The molecule has 0 heterocycles. The molecule has 1 aromatic rings. The Hall–Kier alpha value is -1.61. The second-order valence-electron chi connectivity index (χ2n) is 4.21. The normalized spacial score (nSPS) is 18.6. The summed E-state index contributed by atoms with van der Waals surface area (Å²) in [6.07, 6.45) is 6.51. The maximum Gasteiger partial charge on any atom is 0.221 e. The molecule has 1 unspecified atom stereocenters. The molecule has 0 radical (unpaired) electrons. The van der Waals surface area contributed by atoms with Crippen LogP contribution < -0.4 is 5.73 Å². The minimum absolute atomic E-state index is 0.00575. The van der Waals surface area contributed by atoms with Crippen LogP contribution in [0.5, 0.6) is 0 Å². The van der Waals surface area contributed by atoms with Crippen LogP contribution in [0.4, 0.5) is 4.39 Å². The lowest BCUT2D eigenvalue weighted by atomic mass is 9.93. The number of hydrogen-bond donors (Lipinski definition) is 1. The van der Waals surface area contributed by atoms with E-state index in [0.29, 0.717) is 5.56 Å². The number of carbonyl (C=O) groups excluding carboxylic acids is 1. The second kappa shape index (κ2) is 5.36. The first-order chi connectivity index (χ1) is 8.56. The molecule has 1 aliphatic rings. The van der Waals surface area contributed by atoms with E-state index in [1.54, 1.807) is 6.07 Å². The van der Waals surface area contributed by atoms with E-state index < -0.39 is 5.91 Å². The van der Waals surface area contributed by atoms with Crippen molar-refractivity contribution in [1.82, 2.24) is 0 Å². The lowest BCUT2D eigenvalue weighted by Crippen LogP contribution is -2.15. The summed E-state index contributed by atoms with van der Waals surface area (Å²) < 4.78 is 13.2.